The first kappa shape index (κ1) is 19.9. The van der Waals surface area contributed by atoms with Gasteiger partial charge < -0.3 is 18.9 Å². The molecule has 7 nitrogen and oxygen atoms in total. The third-order valence-electron chi connectivity index (χ3n) is 5.24. The Bertz CT molecular complexity index is 1040. The number of ether oxygens (including phenoxy) is 2. The standard InChI is InChI=1S/C22H22FN3O4/c1-28-18-7-3-6-17(19(18)29-2)22(27)26-12-4-5-15(13-26)21-24-20(25-30-21)14-8-10-16(23)11-9-14/h3,6-11,15H,4-5,12-13H2,1-2H3/t15-/m0/s1. The van der Waals surface area contributed by atoms with Gasteiger partial charge in [0.1, 0.15) is 5.82 Å². The molecule has 0 spiro atoms. The van der Waals surface area contributed by atoms with Crippen molar-refractivity contribution in [3.05, 3.63) is 59.7 Å². The quantitative estimate of drug-likeness (QED) is 0.633. The molecule has 1 aliphatic rings. The van der Waals surface area contributed by atoms with Crippen LogP contribution in [0.3, 0.4) is 0 Å². The Labute approximate surface area is 173 Å². The number of rotatable bonds is 5. The number of amides is 1. The van der Waals surface area contributed by atoms with Gasteiger partial charge in [-0.05, 0) is 49.2 Å². The number of methoxy groups -OCH3 is 2. The van der Waals surface area contributed by atoms with Crippen LogP contribution in [0, 0.1) is 5.82 Å². The number of likely N-dealkylation sites (tertiary alicyclic amines) is 1. The van der Waals surface area contributed by atoms with Crippen molar-refractivity contribution in [2.45, 2.75) is 18.8 Å². The summed E-state index contributed by atoms with van der Waals surface area (Å²) in [6, 6.07) is 11.2. The van der Waals surface area contributed by atoms with Gasteiger partial charge in [-0.15, -0.1) is 0 Å². The zero-order valence-corrected chi connectivity index (χ0v) is 16.8. The van der Waals surface area contributed by atoms with E-state index in [-0.39, 0.29) is 17.6 Å². The van der Waals surface area contributed by atoms with Crippen LogP contribution in [-0.4, -0.2) is 48.3 Å². The minimum atomic E-state index is -0.322. The van der Waals surface area contributed by atoms with Gasteiger partial charge in [-0.3, -0.25) is 4.79 Å². The first-order valence-electron chi connectivity index (χ1n) is 9.70. The minimum Gasteiger partial charge on any atom is -0.493 e. The number of halogens is 1. The van der Waals surface area contributed by atoms with Gasteiger partial charge in [-0.25, -0.2) is 4.39 Å². The maximum Gasteiger partial charge on any atom is 0.257 e. The summed E-state index contributed by atoms with van der Waals surface area (Å²) in [6.45, 7) is 1.10. The number of aromatic nitrogens is 2. The van der Waals surface area contributed by atoms with Crippen LogP contribution in [0.2, 0.25) is 0 Å². The van der Waals surface area contributed by atoms with Crippen molar-refractivity contribution >= 4 is 5.91 Å². The fourth-order valence-electron chi connectivity index (χ4n) is 3.71. The fraction of sp³-hybridized carbons (Fsp3) is 0.318. The molecule has 0 aliphatic carbocycles. The highest BCUT2D eigenvalue weighted by Crippen LogP contribution is 2.34. The number of carbonyl (C=O) groups excluding carboxylic acids is 1. The van der Waals surface area contributed by atoms with Gasteiger partial charge in [0, 0.05) is 18.7 Å². The van der Waals surface area contributed by atoms with E-state index in [1.165, 1.54) is 26.4 Å². The van der Waals surface area contributed by atoms with Crippen LogP contribution in [-0.2, 0) is 0 Å². The molecule has 8 heteroatoms. The normalized spacial score (nSPS) is 16.4. The molecule has 0 bridgehead atoms. The van der Waals surface area contributed by atoms with Crippen LogP contribution in [0.4, 0.5) is 4.39 Å². The molecule has 1 aromatic heterocycles. The molecule has 2 heterocycles. The summed E-state index contributed by atoms with van der Waals surface area (Å²) in [5, 5.41) is 4.02. The van der Waals surface area contributed by atoms with Crippen molar-refractivity contribution < 1.29 is 23.2 Å². The SMILES string of the molecule is COc1cccc(C(=O)N2CCC[C@H](c3nc(-c4ccc(F)cc4)no3)C2)c1OC. The van der Waals surface area contributed by atoms with Crippen molar-refractivity contribution in [2.24, 2.45) is 0 Å². The van der Waals surface area contributed by atoms with Crippen molar-refractivity contribution in [2.75, 3.05) is 27.3 Å². The second-order valence-corrected chi connectivity index (χ2v) is 7.09. The lowest BCUT2D eigenvalue weighted by molar-refractivity contribution is 0.0691. The zero-order chi connectivity index (χ0) is 21.1. The number of benzene rings is 2. The van der Waals surface area contributed by atoms with Crippen LogP contribution in [0.5, 0.6) is 11.5 Å². The van der Waals surface area contributed by atoms with Crippen molar-refractivity contribution in [3.63, 3.8) is 0 Å². The Balaban J connectivity index is 1.53. The van der Waals surface area contributed by atoms with Crippen molar-refractivity contribution in [1.29, 1.82) is 0 Å². The lowest BCUT2D eigenvalue weighted by atomic mass is 9.97. The molecule has 30 heavy (non-hydrogen) atoms. The molecule has 3 aromatic rings. The van der Waals surface area contributed by atoms with E-state index in [4.69, 9.17) is 14.0 Å². The highest BCUT2D eigenvalue weighted by molar-refractivity contribution is 5.98. The predicted molar refractivity (Wildman–Crippen MR) is 107 cm³/mol. The molecule has 2 aromatic carbocycles. The van der Waals surface area contributed by atoms with Gasteiger partial charge in [-0.1, -0.05) is 11.2 Å². The highest BCUT2D eigenvalue weighted by Gasteiger charge is 2.31. The maximum atomic E-state index is 13.2. The molecule has 0 unspecified atom stereocenters. The molecule has 1 saturated heterocycles. The summed E-state index contributed by atoms with van der Waals surface area (Å²) in [5.74, 6) is 1.29. The van der Waals surface area contributed by atoms with Gasteiger partial charge in [0.2, 0.25) is 11.7 Å². The average molecular weight is 411 g/mol. The van der Waals surface area contributed by atoms with Crippen LogP contribution in [0.25, 0.3) is 11.4 Å². The summed E-state index contributed by atoms with van der Waals surface area (Å²) in [5.41, 5.74) is 1.13. The first-order valence-corrected chi connectivity index (χ1v) is 9.70. The highest BCUT2D eigenvalue weighted by atomic mass is 19.1. The van der Waals surface area contributed by atoms with E-state index in [9.17, 15) is 9.18 Å². The van der Waals surface area contributed by atoms with E-state index in [1.807, 2.05) is 0 Å². The molecule has 4 rings (SSSR count). The summed E-state index contributed by atoms with van der Waals surface area (Å²) in [7, 11) is 3.06. The second kappa shape index (κ2) is 8.52. The number of nitrogens with zero attached hydrogens (tertiary/aromatic N) is 3. The summed E-state index contributed by atoms with van der Waals surface area (Å²) < 4.78 is 29.3. The van der Waals surface area contributed by atoms with Crippen molar-refractivity contribution in [1.82, 2.24) is 15.0 Å². The van der Waals surface area contributed by atoms with Gasteiger partial charge in [0.15, 0.2) is 11.5 Å². The Hall–Kier alpha value is -3.42. The summed E-state index contributed by atoms with van der Waals surface area (Å²) in [6.07, 6.45) is 1.65. The monoisotopic (exact) mass is 411 g/mol. The van der Waals surface area contributed by atoms with Gasteiger partial charge in [0.25, 0.3) is 5.91 Å². The second-order valence-electron chi connectivity index (χ2n) is 7.09. The Morgan fingerprint density at radius 1 is 1.17 bits per heavy atom. The van der Waals surface area contributed by atoms with E-state index in [2.05, 4.69) is 10.1 Å². The molecule has 1 aliphatic heterocycles. The number of carbonyl (C=O) groups is 1. The largest absolute Gasteiger partial charge is 0.493 e. The van der Waals surface area contributed by atoms with Crippen molar-refractivity contribution in [3.8, 4) is 22.9 Å². The van der Waals surface area contributed by atoms with E-state index >= 15 is 0 Å². The van der Waals surface area contributed by atoms with E-state index < -0.39 is 0 Å². The molecule has 0 N–H and O–H groups in total. The molecule has 1 fully saturated rings. The topological polar surface area (TPSA) is 77.7 Å². The molecule has 0 radical (unpaired) electrons. The van der Waals surface area contributed by atoms with E-state index in [1.54, 1.807) is 35.2 Å². The number of hydrogen-bond donors (Lipinski definition) is 0. The third kappa shape index (κ3) is 3.85. The fourth-order valence-corrected chi connectivity index (χ4v) is 3.71. The Morgan fingerprint density at radius 2 is 1.97 bits per heavy atom. The lowest BCUT2D eigenvalue weighted by Gasteiger charge is -2.31. The smallest absolute Gasteiger partial charge is 0.257 e. The number of hydrogen-bond acceptors (Lipinski definition) is 6. The van der Waals surface area contributed by atoms with Gasteiger partial charge in [0.05, 0.1) is 25.7 Å². The molecule has 1 atom stereocenters. The number of para-hydroxylation sites is 1. The van der Waals surface area contributed by atoms with Crippen LogP contribution in [0.15, 0.2) is 47.0 Å². The molecule has 0 saturated carbocycles. The third-order valence-corrected chi connectivity index (χ3v) is 5.24. The van der Waals surface area contributed by atoms with Gasteiger partial charge >= 0.3 is 0 Å². The van der Waals surface area contributed by atoms with E-state index in [0.717, 1.165) is 12.8 Å². The Kier molecular flexibility index (Phi) is 5.65. The number of piperidine rings is 1. The average Bonchev–Trinajstić information content (AvgIpc) is 3.29. The zero-order valence-electron chi connectivity index (χ0n) is 16.8. The van der Waals surface area contributed by atoms with Crippen LogP contribution >= 0.6 is 0 Å². The maximum absolute atomic E-state index is 13.2. The van der Waals surface area contributed by atoms with Crippen LogP contribution in [0.1, 0.15) is 35.0 Å². The van der Waals surface area contributed by atoms with Crippen LogP contribution < -0.4 is 9.47 Å². The lowest BCUT2D eigenvalue weighted by Crippen LogP contribution is -2.39. The summed E-state index contributed by atoms with van der Waals surface area (Å²) >= 11 is 0. The Morgan fingerprint density at radius 3 is 2.70 bits per heavy atom. The molecule has 156 valence electrons. The minimum absolute atomic E-state index is 0.0685. The predicted octanol–water partition coefficient (Wildman–Crippen LogP) is 3.91. The molecular weight excluding hydrogens is 389 g/mol. The molecule has 1 amide bonds. The first-order chi connectivity index (χ1) is 14.6. The summed E-state index contributed by atoms with van der Waals surface area (Å²) in [4.78, 5) is 19.4. The van der Waals surface area contributed by atoms with Gasteiger partial charge in [-0.2, -0.15) is 4.98 Å². The van der Waals surface area contributed by atoms with E-state index in [0.29, 0.717) is 47.4 Å². The molecular formula is C22H22FN3O4.